The van der Waals surface area contributed by atoms with Gasteiger partial charge in [-0.05, 0) is 36.1 Å². The Labute approximate surface area is 172 Å². The predicted octanol–water partition coefficient (Wildman–Crippen LogP) is 1.37. The van der Waals surface area contributed by atoms with Crippen LogP contribution < -0.4 is 5.32 Å². The minimum atomic E-state index is -0.476. The smallest absolute Gasteiger partial charge is 0.255 e. The quantitative estimate of drug-likeness (QED) is 0.521. The summed E-state index contributed by atoms with van der Waals surface area (Å²) in [5, 5.41) is 21.0. The molecule has 0 bridgehead atoms. The number of carbonyl (C=O) groups excluding carboxylic acids is 1. The van der Waals surface area contributed by atoms with Gasteiger partial charge in [-0.2, -0.15) is 10.2 Å². The van der Waals surface area contributed by atoms with Crippen molar-refractivity contribution in [2.24, 2.45) is 7.05 Å². The van der Waals surface area contributed by atoms with Crippen molar-refractivity contribution in [1.82, 2.24) is 34.7 Å². The first-order valence-electron chi connectivity index (χ1n) is 9.82. The van der Waals surface area contributed by atoms with Gasteiger partial charge in [-0.1, -0.05) is 6.07 Å². The molecule has 9 heteroatoms. The average molecular weight is 403 g/mol. The van der Waals surface area contributed by atoms with Crippen molar-refractivity contribution in [3.8, 4) is 11.3 Å². The van der Waals surface area contributed by atoms with Gasteiger partial charge in [0.15, 0.2) is 5.65 Å². The Morgan fingerprint density at radius 1 is 1.17 bits per heavy atom. The Balaban J connectivity index is 1.40. The lowest BCUT2D eigenvalue weighted by Crippen LogP contribution is -2.50. The van der Waals surface area contributed by atoms with Gasteiger partial charge in [-0.25, -0.2) is 9.50 Å². The first-order chi connectivity index (χ1) is 14.6. The highest BCUT2D eigenvalue weighted by Gasteiger charge is 2.31. The Kier molecular flexibility index (Phi) is 4.51. The SMILES string of the molecule is Cn1cc(-c2ccc(Cc3cc(C(=O)N[C@@H]4CC[C@H]4O)c4ncnn4c3)cn2)cn1. The largest absolute Gasteiger partial charge is 0.391 e. The zero-order chi connectivity index (χ0) is 20.7. The molecule has 4 aromatic rings. The fraction of sp³-hybridized carbons (Fsp3) is 0.286. The number of hydrogen-bond acceptors (Lipinski definition) is 6. The molecular formula is C21H21N7O2. The first kappa shape index (κ1) is 18.4. The summed E-state index contributed by atoms with van der Waals surface area (Å²) in [6.07, 6.45) is 10.5. The lowest BCUT2D eigenvalue weighted by Gasteiger charge is -2.32. The standard InChI is InChI=1S/C21H21N7O2/c1-27-11-15(9-24-27)17-3-2-13(8-22-17)6-14-7-16(20-23-12-25-28(20)10-14)21(30)26-18-4-5-19(18)29/h2-3,7-12,18-19,29H,4-6H2,1H3,(H,26,30)/t18-,19-/m1/s1. The molecule has 152 valence electrons. The number of nitrogens with one attached hydrogen (secondary N) is 1. The van der Waals surface area contributed by atoms with E-state index < -0.39 is 6.10 Å². The van der Waals surface area contributed by atoms with E-state index in [-0.39, 0.29) is 11.9 Å². The average Bonchev–Trinajstić information content (AvgIpc) is 3.39. The van der Waals surface area contributed by atoms with E-state index >= 15 is 0 Å². The number of pyridine rings is 2. The van der Waals surface area contributed by atoms with Gasteiger partial charge >= 0.3 is 0 Å². The molecule has 0 spiro atoms. The third-order valence-electron chi connectivity index (χ3n) is 5.46. The summed E-state index contributed by atoms with van der Waals surface area (Å²) in [5.74, 6) is -0.247. The number of nitrogens with zero attached hydrogens (tertiary/aromatic N) is 6. The summed E-state index contributed by atoms with van der Waals surface area (Å²) >= 11 is 0. The molecule has 1 aliphatic carbocycles. The number of aliphatic hydroxyl groups is 1. The number of fused-ring (bicyclic) bond motifs is 1. The maximum Gasteiger partial charge on any atom is 0.255 e. The molecule has 30 heavy (non-hydrogen) atoms. The lowest BCUT2D eigenvalue weighted by molar-refractivity contribution is 0.0448. The van der Waals surface area contributed by atoms with E-state index in [4.69, 9.17) is 0 Å². The lowest BCUT2D eigenvalue weighted by atomic mass is 9.89. The van der Waals surface area contributed by atoms with Crippen molar-refractivity contribution in [3.63, 3.8) is 0 Å². The van der Waals surface area contributed by atoms with E-state index in [0.29, 0.717) is 24.1 Å². The van der Waals surface area contributed by atoms with Gasteiger partial charge in [0, 0.05) is 37.6 Å². The molecule has 2 N–H and O–H groups in total. The molecule has 1 saturated carbocycles. The summed E-state index contributed by atoms with van der Waals surface area (Å²) in [6.45, 7) is 0. The summed E-state index contributed by atoms with van der Waals surface area (Å²) < 4.78 is 3.35. The molecule has 4 aromatic heterocycles. The van der Waals surface area contributed by atoms with Crippen LogP contribution in [0.5, 0.6) is 0 Å². The summed E-state index contributed by atoms with van der Waals surface area (Å²) in [4.78, 5) is 21.5. The normalized spacial score (nSPS) is 18.3. The molecular weight excluding hydrogens is 382 g/mol. The molecule has 0 aromatic carbocycles. The van der Waals surface area contributed by atoms with Gasteiger partial charge in [-0.15, -0.1) is 0 Å². The zero-order valence-electron chi connectivity index (χ0n) is 16.4. The van der Waals surface area contributed by atoms with E-state index in [1.165, 1.54) is 6.33 Å². The van der Waals surface area contributed by atoms with Gasteiger partial charge < -0.3 is 10.4 Å². The molecule has 0 radical (unpaired) electrons. The highest BCUT2D eigenvalue weighted by molar-refractivity contribution is 6.00. The highest BCUT2D eigenvalue weighted by atomic mass is 16.3. The van der Waals surface area contributed by atoms with Crippen LogP contribution >= 0.6 is 0 Å². The second-order valence-corrected chi connectivity index (χ2v) is 7.65. The van der Waals surface area contributed by atoms with Crippen molar-refractivity contribution in [1.29, 1.82) is 0 Å². The third kappa shape index (κ3) is 3.43. The number of aliphatic hydroxyl groups excluding tert-OH is 1. The molecule has 0 saturated heterocycles. The fourth-order valence-electron chi connectivity index (χ4n) is 3.63. The van der Waals surface area contributed by atoms with Crippen LogP contribution in [0.1, 0.15) is 34.3 Å². The van der Waals surface area contributed by atoms with Crippen LogP contribution in [0, 0.1) is 0 Å². The molecule has 0 aliphatic heterocycles. The second-order valence-electron chi connectivity index (χ2n) is 7.65. The monoisotopic (exact) mass is 403 g/mol. The van der Waals surface area contributed by atoms with Crippen molar-refractivity contribution >= 4 is 11.6 Å². The van der Waals surface area contributed by atoms with E-state index in [1.807, 2.05) is 43.8 Å². The third-order valence-corrected chi connectivity index (χ3v) is 5.46. The predicted molar refractivity (Wildman–Crippen MR) is 109 cm³/mol. The van der Waals surface area contributed by atoms with Gasteiger partial charge in [0.05, 0.1) is 29.6 Å². The number of amides is 1. The summed E-state index contributed by atoms with van der Waals surface area (Å²) in [7, 11) is 1.87. The van der Waals surface area contributed by atoms with Crippen LogP contribution in [0.25, 0.3) is 16.9 Å². The second kappa shape index (κ2) is 7.34. The fourth-order valence-corrected chi connectivity index (χ4v) is 3.63. The van der Waals surface area contributed by atoms with E-state index in [0.717, 1.165) is 28.8 Å². The number of carbonyl (C=O) groups is 1. The highest BCUT2D eigenvalue weighted by Crippen LogP contribution is 2.22. The summed E-state index contributed by atoms with van der Waals surface area (Å²) in [5.41, 5.74) is 4.70. The maximum absolute atomic E-state index is 12.8. The van der Waals surface area contributed by atoms with Gasteiger partial charge in [0.2, 0.25) is 0 Å². The molecule has 1 aliphatic rings. The van der Waals surface area contributed by atoms with Crippen LogP contribution in [0.15, 0.2) is 49.3 Å². The molecule has 9 nitrogen and oxygen atoms in total. The minimum Gasteiger partial charge on any atom is -0.391 e. The Hall–Kier alpha value is -3.59. The minimum absolute atomic E-state index is 0.201. The van der Waals surface area contributed by atoms with Crippen molar-refractivity contribution in [3.05, 3.63) is 66.0 Å². The van der Waals surface area contributed by atoms with Crippen molar-refractivity contribution < 1.29 is 9.90 Å². The number of aromatic nitrogens is 6. The van der Waals surface area contributed by atoms with Crippen LogP contribution in [-0.4, -0.2) is 52.5 Å². The van der Waals surface area contributed by atoms with Gasteiger partial charge in [0.25, 0.3) is 5.91 Å². The van der Waals surface area contributed by atoms with Crippen molar-refractivity contribution in [2.75, 3.05) is 0 Å². The molecule has 1 amide bonds. The van der Waals surface area contributed by atoms with Gasteiger partial charge in [0.1, 0.15) is 6.33 Å². The van der Waals surface area contributed by atoms with Crippen LogP contribution in [0.3, 0.4) is 0 Å². The first-order valence-corrected chi connectivity index (χ1v) is 9.82. The molecule has 0 unspecified atom stereocenters. The number of aryl methyl sites for hydroxylation is 1. The number of hydrogen-bond donors (Lipinski definition) is 2. The van der Waals surface area contributed by atoms with Gasteiger partial charge in [-0.3, -0.25) is 14.5 Å². The van der Waals surface area contributed by atoms with Crippen LogP contribution in [0.2, 0.25) is 0 Å². The molecule has 2 atom stereocenters. The summed E-state index contributed by atoms with van der Waals surface area (Å²) in [6, 6.07) is 5.62. The van der Waals surface area contributed by atoms with E-state index in [1.54, 1.807) is 15.4 Å². The maximum atomic E-state index is 12.8. The molecule has 4 heterocycles. The number of rotatable bonds is 5. The Morgan fingerprint density at radius 3 is 2.73 bits per heavy atom. The Bertz CT molecular complexity index is 1210. The topological polar surface area (TPSA) is 110 Å². The van der Waals surface area contributed by atoms with Crippen LogP contribution in [-0.2, 0) is 13.5 Å². The zero-order valence-corrected chi connectivity index (χ0v) is 16.4. The van der Waals surface area contributed by atoms with E-state index in [2.05, 4.69) is 25.5 Å². The molecule has 1 fully saturated rings. The van der Waals surface area contributed by atoms with Crippen LogP contribution in [0.4, 0.5) is 0 Å². The molecule has 5 rings (SSSR count). The van der Waals surface area contributed by atoms with E-state index in [9.17, 15) is 9.90 Å². The Morgan fingerprint density at radius 2 is 2.07 bits per heavy atom. The van der Waals surface area contributed by atoms with Crippen molar-refractivity contribution in [2.45, 2.75) is 31.4 Å².